The molecule has 4 bridgehead atoms. The molecule has 1 amide bonds. The summed E-state index contributed by atoms with van der Waals surface area (Å²) in [6.07, 6.45) is 0.000596. The van der Waals surface area contributed by atoms with E-state index in [1.54, 1.807) is 6.07 Å². The Balaban J connectivity index is 1.82. The molecular weight excluding hydrogens is 337 g/mol. The van der Waals surface area contributed by atoms with Gasteiger partial charge >= 0.3 is 6.09 Å². The van der Waals surface area contributed by atoms with Crippen LogP contribution in [-0.4, -0.2) is 28.9 Å². The highest BCUT2D eigenvalue weighted by atomic mass is 19.1. The van der Waals surface area contributed by atoms with E-state index in [4.69, 9.17) is 9.47 Å². The van der Waals surface area contributed by atoms with Crippen molar-refractivity contribution in [3.8, 4) is 17.0 Å². The van der Waals surface area contributed by atoms with Crippen LogP contribution in [0.5, 0.6) is 5.75 Å². The summed E-state index contributed by atoms with van der Waals surface area (Å²) in [5.41, 5.74) is 2.62. The number of carbonyl (C=O) groups excluding carboxylic acids is 1. The van der Waals surface area contributed by atoms with E-state index in [-0.39, 0.29) is 12.7 Å². The molecule has 2 heterocycles. The molecule has 6 nitrogen and oxygen atoms in total. The van der Waals surface area contributed by atoms with Gasteiger partial charge in [0.1, 0.15) is 23.9 Å². The van der Waals surface area contributed by atoms with Gasteiger partial charge in [0.15, 0.2) is 0 Å². The zero-order valence-electron chi connectivity index (χ0n) is 14.2. The van der Waals surface area contributed by atoms with Crippen molar-refractivity contribution in [3.05, 3.63) is 47.8 Å². The summed E-state index contributed by atoms with van der Waals surface area (Å²) >= 11 is 0. The van der Waals surface area contributed by atoms with E-state index in [1.165, 1.54) is 12.1 Å². The predicted octanol–water partition coefficient (Wildman–Crippen LogP) is 3.77. The third-order valence-electron chi connectivity index (χ3n) is 4.29. The van der Waals surface area contributed by atoms with Crippen LogP contribution in [0.25, 0.3) is 22.2 Å². The highest BCUT2D eigenvalue weighted by Gasteiger charge is 2.14. The zero-order valence-corrected chi connectivity index (χ0v) is 14.2. The summed E-state index contributed by atoms with van der Waals surface area (Å²) in [5.74, 6) is 0.282. The van der Waals surface area contributed by atoms with E-state index >= 15 is 0 Å². The predicted molar refractivity (Wildman–Crippen MR) is 94.4 cm³/mol. The Hall–Kier alpha value is -3.09. The molecule has 0 saturated carbocycles. The standard InChI is InChI=1S/C19H18FN3O3/c1-11-4-5-21-19(24)25-10-12-6-13(8-14(20)7-12)18-16-9-15(26-11)2-3-17(16)22-23-18/h2-3,6-9,11H,4-5,10H2,1H3,(H,21,24)(H,22,23). The third kappa shape index (κ3) is 3.33. The Morgan fingerprint density at radius 2 is 2.12 bits per heavy atom. The highest BCUT2D eigenvalue weighted by Crippen LogP contribution is 2.31. The monoisotopic (exact) mass is 355 g/mol. The second-order valence-electron chi connectivity index (χ2n) is 6.35. The summed E-state index contributed by atoms with van der Waals surface area (Å²) in [4.78, 5) is 11.8. The first kappa shape index (κ1) is 16.4. The van der Waals surface area contributed by atoms with Gasteiger partial charge in [-0.3, -0.25) is 5.10 Å². The first-order valence-corrected chi connectivity index (χ1v) is 8.44. The number of amides is 1. The second-order valence-corrected chi connectivity index (χ2v) is 6.35. The average Bonchev–Trinajstić information content (AvgIpc) is 3.02. The van der Waals surface area contributed by atoms with Gasteiger partial charge in [-0.15, -0.1) is 0 Å². The molecule has 4 rings (SSSR count). The number of alkyl carbamates (subject to hydrolysis) is 1. The van der Waals surface area contributed by atoms with Crippen LogP contribution in [0.2, 0.25) is 0 Å². The van der Waals surface area contributed by atoms with Crippen molar-refractivity contribution in [1.29, 1.82) is 0 Å². The van der Waals surface area contributed by atoms with Crippen molar-refractivity contribution in [2.75, 3.05) is 6.54 Å². The molecule has 0 aliphatic carbocycles. The van der Waals surface area contributed by atoms with Crippen molar-refractivity contribution in [2.45, 2.75) is 26.1 Å². The molecule has 2 aromatic carbocycles. The fraction of sp³-hybridized carbons (Fsp3) is 0.263. The molecular formula is C19H18FN3O3. The van der Waals surface area contributed by atoms with E-state index in [9.17, 15) is 9.18 Å². The first-order valence-electron chi connectivity index (χ1n) is 8.44. The number of hydrogen-bond acceptors (Lipinski definition) is 4. The van der Waals surface area contributed by atoms with Crippen LogP contribution in [0.15, 0.2) is 36.4 Å². The first-order chi connectivity index (χ1) is 12.6. The number of nitrogens with zero attached hydrogens (tertiary/aromatic N) is 1. The number of benzene rings is 2. The molecule has 26 heavy (non-hydrogen) atoms. The lowest BCUT2D eigenvalue weighted by Gasteiger charge is -2.15. The van der Waals surface area contributed by atoms with Crippen LogP contribution in [0.4, 0.5) is 9.18 Å². The van der Waals surface area contributed by atoms with Crippen molar-refractivity contribution < 1.29 is 18.7 Å². The normalized spacial score (nSPS) is 17.8. The van der Waals surface area contributed by atoms with Gasteiger partial charge < -0.3 is 14.8 Å². The lowest BCUT2D eigenvalue weighted by molar-refractivity contribution is 0.137. The van der Waals surface area contributed by atoms with Gasteiger partial charge in [-0.1, -0.05) is 0 Å². The number of nitrogens with one attached hydrogen (secondary N) is 2. The van der Waals surface area contributed by atoms with Crippen molar-refractivity contribution >= 4 is 17.0 Å². The molecule has 134 valence electrons. The minimum absolute atomic E-state index is 0.0176. The number of fused-ring (bicyclic) bond motifs is 4. The minimum Gasteiger partial charge on any atom is -0.491 e. The Kier molecular flexibility index (Phi) is 4.20. The topological polar surface area (TPSA) is 76.2 Å². The smallest absolute Gasteiger partial charge is 0.407 e. The Morgan fingerprint density at radius 1 is 1.23 bits per heavy atom. The Labute approximate surface area is 149 Å². The molecule has 1 atom stereocenters. The van der Waals surface area contributed by atoms with Crippen LogP contribution in [0.1, 0.15) is 18.9 Å². The molecule has 1 aliphatic heterocycles. The molecule has 3 aromatic rings. The number of aromatic nitrogens is 2. The lowest BCUT2D eigenvalue weighted by atomic mass is 10.0. The lowest BCUT2D eigenvalue weighted by Crippen LogP contribution is -2.28. The van der Waals surface area contributed by atoms with Gasteiger partial charge in [-0.25, -0.2) is 9.18 Å². The average molecular weight is 355 g/mol. The number of rotatable bonds is 0. The number of aromatic amines is 1. The number of ether oxygens (including phenoxy) is 2. The van der Waals surface area contributed by atoms with Crippen LogP contribution < -0.4 is 10.1 Å². The van der Waals surface area contributed by atoms with E-state index < -0.39 is 11.9 Å². The van der Waals surface area contributed by atoms with Gasteiger partial charge in [0.2, 0.25) is 0 Å². The maximum atomic E-state index is 14.1. The molecule has 1 unspecified atom stereocenters. The third-order valence-corrected chi connectivity index (χ3v) is 4.29. The van der Waals surface area contributed by atoms with Crippen LogP contribution in [0, 0.1) is 5.82 Å². The summed E-state index contributed by atoms with van der Waals surface area (Å²) < 4.78 is 25.2. The summed E-state index contributed by atoms with van der Waals surface area (Å²) in [6, 6.07) is 10.2. The maximum absolute atomic E-state index is 14.1. The van der Waals surface area contributed by atoms with Crippen LogP contribution in [0.3, 0.4) is 0 Å². The van der Waals surface area contributed by atoms with Crippen LogP contribution >= 0.6 is 0 Å². The van der Waals surface area contributed by atoms with Crippen molar-refractivity contribution in [3.63, 3.8) is 0 Å². The molecule has 1 aliphatic rings. The summed E-state index contributed by atoms with van der Waals surface area (Å²) in [5, 5.41) is 10.8. The molecule has 0 spiro atoms. The number of halogens is 1. The van der Waals surface area contributed by atoms with Gasteiger partial charge in [0, 0.05) is 23.9 Å². The van der Waals surface area contributed by atoms with Crippen molar-refractivity contribution in [1.82, 2.24) is 15.5 Å². The largest absolute Gasteiger partial charge is 0.491 e. The number of cyclic esters (lactones) is 1. The molecule has 7 heteroatoms. The van der Waals surface area contributed by atoms with E-state index in [2.05, 4.69) is 15.5 Å². The Bertz CT molecular complexity index is 970. The van der Waals surface area contributed by atoms with Gasteiger partial charge in [0.25, 0.3) is 0 Å². The molecule has 2 N–H and O–H groups in total. The van der Waals surface area contributed by atoms with Crippen molar-refractivity contribution in [2.24, 2.45) is 0 Å². The fourth-order valence-corrected chi connectivity index (χ4v) is 3.03. The summed E-state index contributed by atoms with van der Waals surface area (Å²) in [7, 11) is 0. The van der Waals surface area contributed by atoms with Gasteiger partial charge in [-0.05, 0) is 48.9 Å². The summed E-state index contributed by atoms with van der Waals surface area (Å²) in [6.45, 7) is 2.34. The number of hydrogen-bond donors (Lipinski definition) is 2. The quantitative estimate of drug-likeness (QED) is 0.644. The van der Waals surface area contributed by atoms with E-state index in [0.29, 0.717) is 35.5 Å². The zero-order chi connectivity index (χ0) is 18.1. The second kappa shape index (κ2) is 6.67. The molecule has 0 fully saturated rings. The number of carbonyl (C=O) groups is 1. The van der Waals surface area contributed by atoms with Gasteiger partial charge in [0.05, 0.1) is 11.6 Å². The van der Waals surface area contributed by atoms with Gasteiger partial charge in [-0.2, -0.15) is 5.10 Å². The van der Waals surface area contributed by atoms with Crippen LogP contribution in [-0.2, 0) is 11.3 Å². The highest BCUT2D eigenvalue weighted by molar-refractivity contribution is 5.93. The maximum Gasteiger partial charge on any atom is 0.407 e. The minimum atomic E-state index is -0.541. The SMILES string of the molecule is CC1CCNC(=O)OCc2cc(F)cc(c2)-c2n[nH]c3ccc(cc23)O1. The number of H-pyrrole nitrogens is 1. The molecule has 0 radical (unpaired) electrons. The molecule has 0 saturated heterocycles. The fourth-order valence-electron chi connectivity index (χ4n) is 3.03. The van der Waals surface area contributed by atoms with E-state index in [1.807, 2.05) is 25.1 Å². The molecule has 1 aromatic heterocycles. The Morgan fingerprint density at radius 3 is 3.00 bits per heavy atom. The van der Waals surface area contributed by atoms with E-state index in [0.717, 1.165) is 10.9 Å².